The zero-order chi connectivity index (χ0) is 19.7. The van der Waals surface area contributed by atoms with Crippen LogP contribution in [0.3, 0.4) is 0 Å². The van der Waals surface area contributed by atoms with Crippen LogP contribution in [0.4, 0.5) is 10.1 Å². The Morgan fingerprint density at radius 1 is 1.11 bits per heavy atom. The number of oxazole rings is 1. The first-order valence-electron chi connectivity index (χ1n) is 8.70. The second kappa shape index (κ2) is 7.15. The molecule has 2 aromatic heterocycles. The third-order valence-corrected chi connectivity index (χ3v) is 4.46. The molecule has 2 heterocycles. The highest BCUT2D eigenvalue weighted by Gasteiger charge is 2.16. The maximum Gasteiger partial charge on any atom is 0.262 e. The molecule has 6 heteroatoms. The highest BCUT2D eigenvalue weighted by atomic mass is 19.1. The van der Waals surface area contributed by atoms with Gasteiger partial charge in [-0.05, 0) is 49.2 Å². The minimum Gasteiger partial charge on any atom is -0.456 e. The number of aromatic nitrogens is 1. The molecule has 140 valence electrons. The van der Waals surface area contributed by atoms with E-state index < -0.39 is 11.7 Å². The molecule has 0 saturated heterocycles. The normalized spacial score (nSPS) is 10.8. The number of benzene rings is 2. The topological polar surface area (TPSA) is 68.3 Å². The van der Waals surface area contributed by atoms with E-state index in [1.807, 2.05) is 25.1 Å². The number of furan rings is 1. The van der Waals surface area contributed by atoms with Crippen LogP contribution < -0.4 is 5.32 Å². The van der Waals surface area contributed by atoms with Crippen molar-refractivity contribution in [2.75, 3.05) is 5.32 Å². The van der Waals surface area contributed by atoms with Gasteiger partial charge in [0.25, 0.3) is 11.8 Å². The van der Waals surface area contributed by atoms with Crippen LogP contribution in [0.25, 0.3) is 22.8 Å². The summed E-state index contributed by atoms with van der Waals surface area (Å²) in [5.74, 6) is 0.673. The van der Waals surface area contributed by atoms with E-state index in [0.29, 0.717) is 22.9 Å². The minimum atomic E-state index is -0.540. The number of nitrogens with zero attached hydrogens (tertiary/aromatic N) is 1. The Labute approximate surface area is 160 Å². The van der Waals surface area contributed by atoms with Gasteiger partial charge in [0.2, 0.25) is 0 Å². The van der Waals surface area contributed by atoms with Crippen LogP contribution in [-0.4, -0.2) is 10.9 Å². The van der Waals surface area contributed by atoms with Gasteiger partial charge in [-0.1, -0.05) is 24.3 Å². The summed E-state index contributed by atoms with van der Waals surface area (Å²) >= 11 is 0. The van der Waals surface area contributed by atoms with Gasteiger partial charge in [0.05, 0.1) is 11.8 Å². The van der Waals surface area contributed by atoms with Gasteiger partial charge in [-0.2, -0.15) is 0 Å². The molecular formula is C22H17FN2O3. The highest BCUT2D eigenvalue weighted by Crippen LogP contribution is 2.32. The van der Waals surface area contributed by atoms with E-state index >= 15 is 0 Å². The lowest BCUT2D eigenvalue weighted by Gasteiger charge is -2.09. The lowest BCUT2D eigenvalue weighted by atomic mass is 10.1. The number of hydrogen-bond donors (Lipinski definition) is 1. The van der Waals surface area contributed by atoms with Gasteiger partial charge in [0.1, 0.15) is 17.8 Å². The Hall–Kier alpha value is -3.67. The summed E-state index contributed by atoms with van der Waals surface area (Å²) in [5.41, 5.74) is 3.02. The number of nitrogens with one attached hydrogen (secondary N) is 1. The van der Waals surface area contributed by atoms with E-state index in [1.165, 1.54) is 12.3 Å². The highest BCUT2D eigenvalue weighted by molar-refractivity contribution is 6.05. The van der Waals surface area contributed by atoms with Crippen molar-refractivity contribution in [2.24, 2.45) is 0 Å². The Bertz CT molecular complexity index is 1110. The van der Waals surface area contributed by atoms with Gasteiger partial charge in [-0.15, -0.1) is 0 Å². The van der Waals surface area contributed by atoms with E-state index in [0.717, 1.165) is 16.9 Å². The fraction of sp³-hybridized carbons (Fsp3) is 0.0909. The van der Waals surface area contributed by atoms with Crippen molar-refractivity contribution in [3.05, 3.63) is 83.7 Å². The second-order valence-electron chi connectivity index (χ2n) is 6.38. The molecule has 1 amide bonds. The Kier molecular flexibility index (Phi) is 4.53. The molecule has 0 aliphatic rings. The average molecular weight is 376 g/mol. The maximum atomic E-state index is 14.0. The SMILES string of the molecule is Cc1cccc(F)c1C(=O)Nc1ccc(-c2cc(-c3ncco3)oc2C)cc1. The molecule has 0 aliphatic heterocycles. The summed E-state index contributed by atoms with van der Waals surface area (Å²) in [6.07, 6.45) is 3.04. The summed E-state index contributed by atoms with van der Waals surface area (Å²) in [4.78, 5) is 16.5. The molecular weight excluding hydrogens is 359 g/mol. The molecule has 5 nitrogen and oxygen atoms in total. The first kappa shape index (κ1) is 17.7. The molecule has 0 aliphatic carbocycles. The predicted molar refractivity (Wildman–Crippen MR) is 103 cm³/mol. The van der Waals surface area contributed by atoms with Crippen LogP contribution in [0.15, 0.2) is 69.8 Å². The Morgan fingerprint density at radius 2 is 1.89 bits per heavy atom. The van der Waals surface area contributed by atoms with Crippen LogP contribution in [0.2, 0.25) is 0 Å². The third-order valence-electron chi connectivity index (χ3n) is 4.46. The first-order valence-corrected chi connectivity index (χ1v) is 8.70. The molecule has 4 aromatic rings. The zero-order valence-electron chi connectivity index (χ0n) is 15.3. The lowest BCUT2D eigenvalue weighted by molar-refractivity contribution is 0.102. The second-order valence-corrected chi connectivity index (χ2v) is 6.38. The van der Waals surface area contributed by atoms with Crippen LogP contribution in [0.1, 0.15) is 21.7 Å². The first-order chi connectivity index (χ1) is 13.5. The van der Waals surface area contributed by atoms with Crippen LogP contribution in [0.5, 0.6) is 0 Å². The van der Waals surface area contributed by atoms with Crippen molar-refractivity contribution in [3.8, 4) is 22.8 Å². The minimum absolute atomic E-state index is 0.0489. The summed E-state index contributed by atoms with van der Waals surface area (Å²) in [6, 6.07) is 13.7. The van der Waals surface area contributed by atoms with Crippen molar-refractivity contribution < 1.29 is 18.0 Å². The molecule has 28 heavy (non-hydrogen) atoms. The molecule has 2 aromatic carbocycles. The van der Waals surface area contributed by atoms with E-state index in [1.54, 1.807) is 37.4 Å². The largest absolute Gasteiger partial charge is 0.456 e. The summed E-state index contributed by atoms with van der Waals surface area (Å²) < 4.78 is 25.0. The number of carbonyl (C=O) groups is 1. The fourth-order valence-electron chi connectivity index (χ4n) is 3.07. The molecule has 0 saturated carbocycles. The van der Waals surface area contributed by atoms with E-state index in [4.69, 9.17) is 8.83 Å². The van der Waals surface area contributed by atoms with E-state index in [-0.39, 0.29) is 5.56 Å². The quantitative estimate of drug-likeness (QED) is 0.503. The number of anilines is 1. The Balaban J connectivity index is 1.56. The Morgan fingerprint density at radius 3 is 2.57 bits per heavy atom. The number of aryl methyl sites for hydroxylation is 2. The standard InChI is InChI=1S/C22H17FN2O3/c1-13-4-3-5-18(23)20(13)21(26)25-16-8-6-15(7-9-16)17-12-19(28-14(17)2)22-24-10-11-27-22/h3-12H,1-2H3,(H,25,26). The monoisotopic (exact) mass is 376 g/mol. The smallest absolute Gasteiger partial charge is 0.262 e. The van der Waals surface area contributed by atoms with Crippen LogP contribution in [0, 0.1) is 19.7 Å². The van der Waals surface area contributed by atoms with Crippen molar-refractivity contribution in [2.45, 2.75) is 13.8 Å². The molecule has 0 unspecified atom stereocenters. The van der Waals surface area contributed by atoms with Crippen molar-refractivity contribution in [1.29, 1.82) is 0 Å². The number of hydrogen-bond acceptors (Lipinski definition) is 4. The summed E-state index contributed by atoms with van der Waals surface area (Å²) in [6.45, 7) is 3.56. The molecule has 4 rings (SSSR count). The number of halogens is 1. The fourth-order valence-corrected chi connectivity index (χ4v) is 3.07. The van der Waals surface area contributed by atoms with Crippen LogP contribution in [-0.2, 0) is 0 Å². The maximum absolute atomic E-state index is 14.0. The van der Waals surface area contributed by atoms with Gasteiger partial charge >= 0.3 is 0 Å². The summed E-state index contributed by atoms with van der Waals surface area (Å²) in [5, 5.41) is 2.73. The van der Waals surface area contributed by atoms with E-state index in [9.17, 15) is 9.18 Å². The van der Waals surface area contributed by atoms with Crippen LogP contribution >= 0.6 is 0 Å². The molecule has 0 atom stereocenters. The number of rotatable bonds is 4. The van der Waals surface area contributed by atoms with Gasteiger partial charge in [-0.25, -0.2) is 9.37 Å². The van der Waals surface area contributed by atoms with Gasteiger partial charge < -0.3 is 14.2 Å². The predicted octanol–water partition coefficient (Wildman–Crippen LogP) is 5.61. The number of carbonyl (C=O) groups excluding carboxylic acids is 1. The van der Waals surface area contributed by atoms with Crippen molar-refractivity contribution in [3.63, 3.8) is 0 Å². The molecule has 0 radical (unpaired) electrons. The molecule has 1 N–H and O–H groups in total. The van der Waals surface area contributed by atoms with Gasteiger partial charge in [-0.3, -0.25) is 4.79 Å². The van der Waals surface area contributed by atoms with Crippen molar-refractivity contribution in [1.82, 2.24) is 4.98 Å². The molecule has 0 fully saturated rings. The summed E-state index contributed by atoms with van der Waals surface area (Å²) in [7, 11) is 0. The van der Waals surface area contributed by atoms with Gasteiger partial charge in [0.15, 0.2) is 5.76 Å². The zero-order valence-corrected chi connectivity index (χ0v) is 15.3. The van der Waals surface area contributed by atoms with Gasteiger partial charge in [0, 0.05) is 11.3 Å². The lowest BCUT2D eigenvalue weighted by Crippen LogP contribution is -2.15. The average Bonchev–Trinajstić information content (AvgIpc) is 3.32. The number of amides is 1. The van der Waals surface area contributed by atoms with Crippen molar-refractivity contribution >= 4 is 11.6 Å². The molecule has 0 bridgehead atoms. The van der Waals surface area contributed by atoms with E-state index in [2.05, 4.69) is 10.3 Å². The third kappa shape index (κ3) is 3.32. The molecule has 0 spiro atoms.